The first-order valence-electron chi connectivity index (χ1n) is 6.91. The van der Waals surface area contributed by atoms with Crippen molar-refractivity contribution >= 4 is 33.2 Å². The van der Waals surface area contributed by atoms with Crippen molar-refractivity contribution < 1.29 is 0 Å². The van der Waals surface area contributed by atoms with E-state index < -0.39 is 0 Å². The van der Waals surface area contributed by atoms with Crippen LogP contribution in [0, 0.1) is 5.92 Å². The highest BCUT2D eigenvalue weighted by Crippen LogP contribution is 2.33. The lowest BCUT2D eigenvalue weighted by Crippen LogP contribution is -2.18. The topological polar surface area (TPSA) is 12.0 Å². The van der Waals surface area contributed by atoms with Gasteiger partial charge in [0.25, 0.3) is 0 Å². The normalized spacial score (nSPS) is 24.6. The molecule has 1 aliphatic rings. The van der Waals surface area contributed by atoms with Crippen molar-refractivity contribution in [3.63, 3.8) is 0 Å². The molecule has 0 bridgehead atoms. The lowest BCUT2D eigenvalue weighted by atomic mass is 9.98. The first-order valence-corrected chi connectivity index (χ1v) is 8.08. The maximum atomic E-state index is 6.12. The summed E-state index contributed by atoms with van der Waals surface area (Å²) >= 11 is 9.68. The number of benzene rings is 1. The quantitative estimate of drug-likeness (QED) is 0.683. The van der Waals surface area contributed by atoms with Gasteiger partial charge in [0.05, 0.1) is 15.2 Å². The van der Waals surface area contributed by atoms with Crippen LogP contribution in [0.4, 0.5) is 5.69 Å². The summed E-state index contributed by atoms with van der Waals surface area (Å²) in [5.74, 6) is 0.930. The highest BCUT2D eigenvalue weighted by Gasteiger charge is 2.18. The fourth-order valence-electron chi connectivity index (χ4n) is 2.77. The third kappa shape index (κ3) is 3.64. The van der Waals surface area contributed by atoms with Gasteiger partial charge in [-0.3, -0.25) is 0 Å². The Kier molecular flexibility index (Phi) is 5.38. The predicted octanol–water partition coefficient (Wildman–Crippen LogP) is 5.87. The summed E-state index contributed by atoms with van der Waals surface area (Å²) in [5.41, 5.74) is 1.13. The highest BCUT2D eigenvalue weighted by molar-refractivity contribution is 9.10. The molecular formula is C15H21BrClN. The Balaban J connectivity index is 1.99. The fraction of sp³-hybridized carbons (Fsp3) is 0.600. The molecule has 1 saturated carbocycles. The zero-order valence-corrected chi connectivity index (χ0v) is 13.2. The molecule has 2 rings (SSSR count). The highest BCUT2D eigenvalue weighted by atomic mass is 79.9. The average molecular weight is 331 g/mol. The summed E-state index contributed by atoms with van der Waals surface area (Å²) in [6, 6.07) is 6.60. The number of anilines is 1. The van der Waals surface area contributed by atoms with Gasteiger partial charge in [-0.1, -0.05) is 43.9 Å². The number of nitrogens with one attached hydrogen (secondary N) is 1. The predicted molar refractivity (Wildman–Crippen MR) is 83.4 cm³/mol. The van der Waals surface area contributed by atoms with E-state index >= 15 is 0 Å². The van der Waals surface area contributed by atoms with Crippen LogP contribution in [0.25, 0.3) is 0 Å². The van der Waals surface area contributed by atoms with E-state index in [9.17, 15) is 0 Å². The molecule has 18 heavy (non-hydrogen) atoms. The first-order chi connectivity index (χ1) is 8.70. The minimum atomic E-state index is 0.594. The summed E-state index contributed by atoms with van der Waals surface area (Å²) in [7, 11) is 0. The van der Waals surface area contributed by atoms with Gasteiger partial charge in [0.15, 0.2) is 0 Å². The molecule has 0 amide bonds. The average Bonchev–Trinajstić information content (AvgIpc) is 2.60. The molecule has 1 aromatic rings. The van der Waals surface area contributed by atoms with Gasteiger partial charge in [-0.2, -0.15) is 0 Å². The Morgan fingerprint density at radius 3 is 2.89 bits per heavy atom. The van der Waals surface area contributed by atoms with Crippen molar-refractivity contribution in [2.45, 2.75) is 51.5 Å². The summed E-state index contributed by atoms with van der Waals surface area (Å²) in [5, 5.41) is 4.42. The summed E-state index contributed by atoms with van der Waals surface area (Å²) < 4.78 is 0.989. The zero-order chi connectivity index (χ0) is 13.0. The van der Waals surface area contributed by atoms with Crippen molar-refractivity contribution in [2.24, 2.45) is 5.92 Å². The van der Waals surface area contributed by atoms with Gasteiger partial charge in [0, 0.05) is 6.04 Å². The minimum absolute atomic E-state index is 0.594. The zero-order valence-electron chi connectivity index (χ0n) is 10.9. The molecule has 0 spiro atoms. The molecule has 1 aliphatic carbocycles. The minimum Gasteiger partial charge on any atom is -0.381 e. The van der Waals surface area contributed by atoms with Crippen molar-refractivity contribution in [1.82, 2.24) is 0 Å². The van der Waals surface area contributed by atoms with Gasteiger partial charge in [0.1, 0.15) is 0 Å². The van der Waals surface area contributed by atoms with E-state index in [1.54, 1.807) is 0 Å². The molecule has 1 nitrogen and oxygen atoms in total. The van der Waals surface area contributed by atoms with Crippen LogP contribution in [0.5, 0.6) is 0 Å². The molecule has 0 aliphatic heterocycles. The van der Waals surface area contributed by atoms with E-state index in [1.807, 2.05) is 12.1 Å². The van der Waals surface area contributed by atoms with Crippen molar-refractivity contribution in [2.75, 3.05) is 5.32 Å². The van der Waals surface area contributed by atoms with E-state index in [2.05, 4.69) is 34.2 Å². The summed E-state index contributed by atoms with van der Waals surface area (Å²) in [4.78, 5) is 0. The van der Waals surface area contributed by atoms with Gasteiger partial charge >= 0.3 is 0 Å². The molecule has 0 radical (unpaired) electrons. The molecule has 0 aromatic heterocycles. The summed E-state index contributed by atoms with van der Waals surface area (Å²) in [6.45, 7) is 2.31. The van der Waals surface area contributed by atoms with Crippen molar-refractivity contribution in [3.8, 4) is 0 Å². The maximum absolute atomic E-state index is 6.12. The second-order valence-corrected chi connectivity index (χ2v) is 6.43. The largest absolute Gasteiger partial charge is 0.381 e. The van der Waals surface area contributed by atoms with E-state index in [1.165, 1.54) is 38.5 Å². The van der Waals surface area contributed by atoms with Crippen LogP contribution in [0.15, 0.2) is 22.7 Å². The van der Waals surface area contributed by atoms with Crippen LogP contribution in [-0.4, -0.2) is 6.04 Å². The van der Waals surface area contributed by atoms with Gasteiger partial charge in [0.2, 0.25) is 0 Å². The molecule has 1 fully saturated rings. The molecule has 2 atom stereocenters. The number of hydrogen-bond donors (Lipinski definition) is 1. The van der Waals surface area contributed by atoms with Crippen LogP contribution in [0.1, 0.15) is 45.4 Å². The van der Waals surface area contributed by atoms with E-state index in [-0.39, 0.29) is 0 Å². The van der Waals surface area contributed by atoms with Crippen molar-refractivity contribution in [3.05, 3.63) is 27.7 Å². The van der Waals surface area contributed by atoms with Crippen LogP contribution < -0.4 is 5.32 Å². The smallest absolute Gasteiger partial charge is 0.0593 e. The SMILES string of the molecule is CCC1CCCC(Nc2cccc(Cl)c2Br)CC1. The molecule has 3 heteroatoms. The Labute approximate surface area is 123 Å². The third-order valence-electron chi connectivity index (χ3n) is 3.98. The monoisotopic (exact) mass is 329 g/mol. The molecular weight excluding hydrogens is 310 g/mol. The van der Waals surface area contributed by atoms with Gasteiger partial charge in [-0.25, -0.2) is 0 Å². The second-order valence-electron chi connectivity index (χ2n) is 5.23. The van der Waals surface area contributed by atoms with Crippen LogP contribution in [-0.2, 0) is 0 Å². The number of rotatable bonds is 3. The Morgan fingerprint density at radius 2 is 2.11 bits per heavy atom. The molecule has 0 heterocycles. The van der Waals surface area contributed by atoms with E-state index in [4.69, 9.17) is 11.6 Å². The van der Waals surface area contributed by atoms with Crippen LogP contribution in [0.3, 0.4) is 0 Å². The molecule has 1 aromatic carbocycles. The standard InChI is InChI=1S/C15H21BrClN/c1-2-11-5-3-6-12(10-9-11)18-14-8-4-7-13(17)15(14)16/h4,7-8,11-12,18H,2-3,5-6,9-10H2,1H3. The Morgan fingerprint density at radius 1 is 1.28 bits per heavy atom. The van der Waals surface area contributed by atoms with Crippen LogP contribution >= 0.6 is 27.5 Å². The lowest BCUT2D eigenvalue weighted by molar-refractivity contribution is 0.444. The van der Waals surface area contributed by atoms with Crippen LogP contribution in [0.2, 0.25) is 5.02 Å². The maximum Gasteiger partial charge on any atom is 0.0593 e. The number of halogens is 2. The first kappa shape index (κ1) is 14.2. The fourth-order valence-corrected chi connectivity index (χ4v) is 3.32. The Hall–Kier alpha value is -0.210. The molecule has 0 saturated heterocycles. The molecule has 2 unspecified atom stereocenters. The van der Waals surface area contributed by atoms with Gasteiger partial charge in [-0.15, -0.1) is 0 Å². The van der Waals surface area contributed by atoms with E-state index in [0.717, 1.165) is 21.1 Å². The molecule has 100 valence electrons. The third-order valence-corrected chi connectivity index (χ3v) is 5.37. The summed E-state index contributed by atoms with van der Waals surface area (Å²) in [6.07, 6.45) is 7.96. The van der Waals surface area contributed by atoms with Crippen molar-refractivity contribution in [1.29, 1.82) is 0 Å². The molecule has 1 N–H and O–H groups in total. The van der Waals surface area contributed by atoms with Gasteiger partial charge in [-0.05, 0) is 53.2 Å². The van der Waals surface area contributed by atoms with E-state index in [0.29, 0.717) is 6.04 Å². The van der Waals surface area contributed by atoms with Gasteiger partial charge < -0.3 is 5.32 Å². The Bertz CT molecular complexity index is 394. The second kappa shape index (κ2) is 6.81. The lowest BCUT2D eigenvalue weighted by Gasteiger charge is -2.19. The number of hydrogen-bond acceptors (Lipinski definition) is 1.